The number of aldehydes is 1. The Labute approximate surface area is 141 Å². The van der Waals surface area contributed by atoms with Crippen LogP contribution in [0.15, 0.2) is 36.5 Å². The number of rotatable bonds is 4. The molecule has 0 aliphatic heterocycles. The minimum atomic E-state index is -4.39. The highest BCUT2D eigenvalue weighted by Gasteiger charge is 2.64. The summed E-state index contributed by atoms with van der Waals surface area (Å²) in [4.78, 5) is 14.3. The predicted molar refractivity (Wildman–Crippen MR) is 81.2 cm³/mol. The van der Waals surface area contributed by atoms with Gasteiger partial charge in [0.05, 0.1) is 5.41 Å². The molecule has 134 valence electrons. The van der Waals surface area contributed by atoms with Crippen molar-refractivity contribution in [2.75, 3.05) is 7.11 Å². The summed E-state index contributed by atoms with van der Waals surface area (Å²) < 4.78 is 58.4. The van der Waals surface area contributed by atoms with Crippen LogP contribution in [0.2, 0.25) is 0 Å². The zero-order chi connectivity index (χ0) is 18.7. The van der Waals surface area contributed by atoms with Crippen LogP contribution in [-0.4, -0.2) is 29.7 Å². The van der Waals surface area contributed by atoms with Gasteiger partial charge in [-0.3, -0.25) is 4.79 Å². The highest BCUT2D eigenvalue weighted by molar-refractivity contribution is 5.74. The van der Waals surface area contributed by atoms with E-state index in [4.69, 9.17) is 9.84 Å². The molecule has 25 heavy (non-hydrogen) atoms. The molecule has 1 aromatic carbocycles. The van der Waals surface area contributed by atoms with Gasteiger partial charge in [0, 0.05) is 24.9 Å². The first-order chi connectivity index (χ1) is 11.9. The monoisotopic (exact) mass is 357 g/mol. The Balaban J connectivity index is 0.00000109. The Kier molecular flexibility index (Phi) is 5.42. The smallest absolute Gasteiger partial charge is 0.398 e. The number of hydrogen-bond acceptors (Lipinski definition) is 4. The summed E-state index contributed by atoms with van der Waals surface area (Å²) in [6.45, 7) is 0. The van der Waals surface area contributed by atoms with Crippen molar-refractivity contribution in [2.45, 2.75) is 24.4 Å². The highest BCUT2D eigenvalue weighted by atomic mass is 19.4. The first kappa shape index (κ1) is 18.9. The van der Waals surface area contributed by atoms with Gasteiger partial charge in [-0.1, -0.05) is 6.07 Å². The molecular weight excluding hydrogens is 342 g/mol. The molecule has 1 N–H and O–H groups in total. The zero-order valence-corrected chi connectivity index (χ0v) is 13.2. The van der Waals surface area contributed by atoms with E-state index in [0.717, 1.165) is 19.2 Å². The van der Waals surface area contributed by atoms with Crippen molar-refractivity contribution in [2.24, 2.45) is 0 Å². The molecule has 0 saturated heterocycles. The van der Waals surface area contributed by atoms with E-state index in [2.05, 4.69) is 4.98 Å². The van der Waals surface area contributed by atoms with Crippen LogP contribution in [0.4, 0.5) is 17.6 Å². The second-order valence-electron chi connectivity index (χ2n) is 5.37. The number of benzene rings is 1. The van der Waals surface area contributed by atoms with E-state index in [0.29, 0.717) is 11.8 Å². The van der Waals surface area contributed by atoms with Crippen molar-refractivity contribution >= 4 is 6.29 Å². The van der Waals surface area contributed by atoms with Gasteiger partial charge >= 0.3 is 6.18 Å². The van der Waals surface area contributed by atoms with Crippen molar-refractivity contribution in [1.82, 2.24) is 4.98 Å². The molecule has 0 radical (unpaired) electrons. The number of ether oxygens (including phenoxy) is 1. The Hall–Kier alpha value is -2.48. The summed E-state index contributed by atoms with van der Waals surface area (Å²) in [7, 11) is 1.00. The second-order valence-corrected chi connectivity index (χ2v) is 5.37. The Bertz CT molecular complexity index is 741. The van der Waals surface area contributed by atoms with E-state index in [1.807, 2.05) is 0 Å². The standard InChI is InChI=1S/C16H11F4NO2.CH4O/c17-12-7-11(15(5-6-15)16(18,19)20)2-3-13(12)23-14-4-1-10(9-22)8-21-14;1-2/h1-4,7-9H,5-6H2;2H,1H3. The lowest BCUT2D eigenvalue weighted by Gasteiger charge is -2.20. The fourth-order valence-corrected chi connectivity index (χ4v) is 2.38. The lowest BCUT2D eigenvalue weighted by Crippen LogP contribution is -2.28. The van der Waals surface area contributed by atoms with Gasteiger partial charge in [-0.25, -0.2) is 9.37 Å². The number of nitrogens with zero attached hydrogens (tertiary/aromatic N) is 1. The largest absolute Gasteiger partial charge is 0.436 e. The van der Waals surface area contributed by atoms with E-state index in [1.165, 1.54) is 24.4 Å². The minimum absolute atomic E-state index is 0.0368. The van der Waals surface area contributed by atoms with Crippen molar-refractivity contribution < 1.29 is 32.2 Å². The van der Waals surface area contributed by atoms with E-state index in [9.17, 15) is 22.4 Å². The molecule has 1 aromatic heterocycles. The lowest BCUT2D eigenvalue weighted by molar-refractivity contribution is -0.160. The number of carbonyl (C=O) groups excluding carboxylic acids is 1. The topological polar surface area (TPSA) is 59.4 Å². The minimum Gasteiger partial charge on any atom is -0.436 e. The molecule has 3 rings (SSSR count). The van der Waals surface area contributed by atoms with Crippen LogP contribution in [0.3, 0.4) is 0 Å². The number of aliphatic hydroxyl groups is 1. The summed E-state index contributed by atoms with van der Waals surface area (Å²) in [6, 6.07) is 6.04. The molecule has 1 aliphatic carbocycles. The number of hydrogen-bond donors (Lipinski definition) is 1. The molecule has 0 bridgehead atoms. The third-order valence-corrected chi connectivity index (χ3v) is 3.89. The SMILES string of the molecule is CO.O=Cc1ccc(Oc2ccc(C3(C(F)(F)F)CC3)cc2F)nc1. The average Bonchev–Trinajstić information content (AvgIpc) is 3.41. The van der Waals surface area contributed by atoms with E-state index in [1.54, 1.807) is 0 Å². The molecule has 0 atom stereocenters. The van der Waals surface area contributed by atoms with Crippen LogP contribution >= 0.6 is 0 Å². The van der Waals surface area contributed by atoms with Crippen molar-refractivity contribution in [1.29, 1.82) is 0 Å². The maximum atomic E-state index is 14.1. The fraction of sp³-hybridized carbons (Fsp3) is 0.294. The summed E-state index contributed by atoms with van der Waals surface area (Å²) in [5.74, 6) is -1.07. The van der Waals surface area contributed by atoms with E-state index < -0.39 is 17.4 Å². The number of alkyl halides is 3. The van der Waals surface area contributed by atoms with Gasteiger partial charge in [0.25, 0.3) is 0 Å². The lowest BCUT2D eigenvalue weighted by atomic mass is 9.95. The quantitative estimate of drug-likeness (QED) is 0.663. The van der Waals surface area contributed by atoms with Gasteiger partial charge in [-0.15, -0.1) is 0 Å². The van der Waals surface area contributed by atoms with Crippen molar-refractivity contribution in [3.8, 4) is 11.6 Å². The van der Waals surface area contributed by atoms with Gasteiger partial charge in [-0.2, -0.15) is 13.2 Å². The van der Waals surface area contributed by atoms with Crippen LogP contribution in [0.25, 0.3) is 0 Å². The zero-order valence-electron chi connectivity index (χ0n) is 13.2. The normalized spacial score (nSPS) is 15.0. The number of aliphatic hydroxyl groups excluding tert-OH is 1. The first-order valence-electron chi connectivity index (χ1n) is 7.26. The second kappa shape index (κ2) is 7.18. The molecule has 0 unspecified atom stereocenters. The molecule has 0 amide bonds. The van der Waals surface area contributed by atoms with Crippen molar-refractivity contribution in [3.05, 3.63) is 53.5 Å². The van der Waals surface area contributed by atoms with Gasteiger partial charge < -0.3 is 9.84 Å². The maximum absolute atomic E-state index is 14.1. The third-order valence-electron chi connectivity index (χ3n) is 3.89. The van der Waals surface area contributed by atoms with Gasteiger partial charge in [0.2, 0.25) is 5.88 Å². The molecular formula is C17H15F4NO3. The average molecular weight is 357 g/mol. The van der Waals surface area contributed by atoms with Crippen LogP contribution in [0.1, 0.15) is 28.8 Å². The molecule has 1 aliphatic rings. The number of carbonyl (C=O) groups is 1. The summed E-state index contributed by atoms with van der Waals surface area (Å²) in [5, 5.41) is 7.00. The van der Waals surface area contributed by atoms with Crippen LogP contribution in [-0.2, 0) is 5.41 Å². The van der Waals surface area contributed by atoms with Crippen LogP contribution < -0.4 is 4.74 Å². The molecule has 2 aromatic rings. The number of pyridine rings is 1. The first-order valence-corrected chi connectivity index (χ1v) is 7.26. The van der Waals surface area contributed by atoms with Gasteiger partial charge in [-0.05, 0) is 36.6 Å². The Morgan fingerprint density at radius 1 is 1.20 bits per heavy atom. The summed E-state index contributed by atoms with van der Waals surface area (Å²) in [6.07, 6.45) is -2.63. The molecule has 8 heteroatoms. The molecule has 1 fully saturated rings. The fourth-order valence-electron chi connectivity index (χ4n) is 2.38. The van der Waals surface area contributed by atoms with Crippen LogP contribution in [0, 0.1) is 5.82 Å². The van der Waals surface area contributed by atoms with Crippen molar-refractivity contribution in [3.63, 3.8) is 0 Å². The Morgan fingerprint density at radius 2 is 1.88 bits per heavy atom. The summed E-state index contributed by atoms with van der Waals surface area (Å²) >= 11 is 0. The molecule has 1 heterocycles. The summed E-state index contributed by atoms with van der Waals surface area (Å²) in [5.41, 5.74) is -1.70. The predicted octanol–water partition coefficient (Wildman–Crippen LogP) is 4.03. The number of aromatic nitrogens is 1. The number of halogens is 4. The molecule has 1 saturated carbocycles. The van der Waals surface area contributed by atoms with Gasteiger partial charge in [0.15, 0.2) is 17.9 Å². The maximum Gasteiger partial charge on any atom is 0.398 e. The van der Waals surface area contributed by atoms with Crippen LogP contribution in [0.5, 0.6) is 11.6 Å². The third kappa shape index (κ3) is 3.79. The van der Waals surface area contributed by atoms with E-state index in [-0.39, 0.29) is 30.0 Å². The Morgan fingerprint density at radius 3 is 2.32 bits per heavy atom. The highest BCUT2D eigenvalue weighted by Crippen LogP contribution is 2.59. The molecule has 4 nitrogen and oxygen atoms in total. The molecule has 0 spiro atoms. The van der Waals surface area contributed by atoms with E-state index >= 15 is 0 Å². The van der Waals surface area contributed by atoms with Gasteiger partial charge in [0.1, 0.15) is 0 Å².